The van der Waals surface area contributed by atoms with Crippen LogP contribution >= 0.6 is 15.9 Å². The predicted octanol–water partition coefficient (Wildman–Crippen LogP) is 3.75. The molecule has 158 valence electrons. The molecule has 0 spiro atoms. The van der Waals surface area contributed by atoms with Crippen LogP contribution in [0.3, 0.4) is 0 Å². The molecule has 0 saturated carbocycles. The fourth-order valence-electron chi connectivity index (χ4n) is 4.12. The Labute approximate surface area is 185 Å². The van der Waals surface area contributed by atoms with Gasteiger partial charge in [0.2, 0.25) is 0 Å². The van der Waals surface area contributed by atoms with Crippen LogP contribution in [0.25, 0.3) is 5.69 Å². The van der Waals surface area contributed by atoms with E-state index in [4.69, 9.17) is 4.74 Å². The van der Waals surface area contributed by atoms with Crippen LogP contribution < -0.4 is 15.2 Å². The summed E-state index contributed by atoms with van der Waals surface area (Å²) in [4.78, 5) is 17.8. The fraction of sp³-hybridized carbons (Fsp3) is 0.348. The number of anilines is 1. The van der Waals surface area contributed by atoms with Gasteiger partial charge in [0.05, 0.1) is 24.2 Å². The van der Waals surface area contributed by atoms with Crippen molar-refractivity contribution in [1.82, 2.24) is 14.3 Å². The van der Waals surface area contributed by atoms with Gasteiger partial charge in [-0.2, -0.15) is 0 Å². The van der Waals surface area contributed by atoms with Crippen molar-refractivity contribution < 1.29 is 4.74 Å². The van der Waals surface area contributed by atoms with Crippen LogP contribution in [-0.4, -0.2) is 47.6 Å². The van der Waals surface area contributed by atoms with E-state index < -0.39 is 0 Å². The second-order valence-corrected chi connectivity index (χ2v) is 8.16. The van der Waals surface area contributed by atoms with E-state index >= 15 is 0 Å². The van der Waals surface area contributed by atoms with E-state index in [0.29, 0.717) is 4.47 Å². The number of nitrogens with zero attached hydrogens (tertiary/aromatic N) is 4. The third-order valence-electron chi connectivity index (χ3n) is 5.66. The Morgan fingerprint density at radius 1 is 0.967 bits per heavy atom. The van der Waals surface area contributed by atoms with E-state index in [1.54, 1.807) is 11.8 Å². The van der Waals surface area contributed by atoms with Crippen molar-refractivity contribution in [3.05, 3.63) is 75.1 Å². The van der Waals surface area contributed by atoms with Gasteiger partial charge < -0.3 is 9.64 Å². The minimum Gasteiger partial charge on any atom is -0.495 e. The molecule has 0 radical (unpaired) electrons. The standard InChI is InChI=1S/C23H27BrN4O2/c1-3-27-20(22(24)23(29)28(27)18-9-5-4-6-10-18)17-25-13-15-26(16-14-25)19-11-7-8-12-21(19)30-2/h4-12H,3,13-17H2,1-2H3. The maximum absolute atomic E-state index is 13.0. The number of methoxy groups -OCH3 is 1. The van der Waals surface area contributed by atoms with Gasteiger partial charge in [0.1, 0.15) is 10.2 Å². The van der Waals surface area contributed by atoms with Gasteiger partial charge in [0, 0.05) is 39.3 Å². The molecule has 0 bridgehead atoms. The van der Waals surface area contributed by atoms with Gasteiger partial charge in [0.15, 0.2) is 0 Å². The SMILES string of the molecule is CCn1c(CN2CCN(c3ccccc3OC)CC2)c(Br)c(=O)n1-c1ccccc1. The van der Waals surface area contributed by atoms with E-state index in [2.05, 4.69) is 43.4 Å². The van der Waals surface area contributed by atoms with Crippen molar-refractivity contribution in [2.45, 2.75) is 20.0 Å². The second-order valence-electron chi connectivity index (χ2n) is 7.36. The summed E-state index contributed by atoms with van der Waals surface area (Å²) in [5.41, 5.74) is 3.04. The molecule has 2 aromatic carbocycles. The molecule has 2 heterocycles. The summed E-state index contributed by atoms with van der Waals surface area (Å²) in [6, 6.07) is 18.0. The molecule has 1 saturated heterocycles. The molecule has 0 unspecified atom stereocenters. The molecule has 3 aromatic rings. The van der Waals surface area contributed by atoms with Crippen LogP contribution in [0.15, 0.2) is 63.9 Å². The molecular weight excluding hydrogens is 444 g/mol. The molecule has 6 nitrogen and oxygen atoms in total. The van der Waals surface area contributed by atoms with Crippen LogP contribution in [0.1, 0.15) is 12.6 Å². The average molecular weight is 471 g/mol. The van der Waals surface area contributed by atoms with Crippen LogP contribution in [0.4, 0.5) is 5.69 Å². The third-order valence-corrected chi connectivity index (χ3v) is 6.46. The molecule has 1 aliphatic heterocycles. The lowest BCUT2D eigenvalue weighted by Crippen LogP contribution is -2.46. The monoisotopic (exact) mass is 470 g/mol. The Morgan fingerprint density at radius 2 is 1.63 bits per heavy atom. The first kappa shape index (κ1) is 20.8. The van der Waals surface area contributed by atoms with E-state index in [1.165, 1.54) is 0 Å². The third kappa shape index (κ3) is 3.91. The van der Waals surface area contributed by atoms with Crippen LogP contribution in [0, 0.1) is 0 Å². The number of benzene rings is 2. The van der Waals surface area contributed by atoms with Crippen molar-refractivity contribution in [1.29, 1.82) is 0 Å². The van der Waals surface area contributed by atoms with Crippen molar-refractivity contribution in [3.63, 3.8) is 0 Å². The highest BCUT2D eigenvalue weighted by Gasteiger charge is 2.24. The maximum atomic E-state index is 13.0. The molecular formula is C23H27BrN4O2. The molecule has 30 heavy (non-hydrogen) atoms. The van der Waals surface area contributed by atoms with Crippen molar-refractivity contribution in [3.8, 4) is 11.4 Å². The van der Waals surface area contributed by atoms with Crippen molar-refractivity contribution in [2.24, 2.45) is 0 Å². The number of aromatic nitrogens is 2. The van der Waals surface area contributed by atoms with E-state index in [9.17, 15) is 4.79 Å². The lowest BCUT2D eigenvalue weighted by molar-refractivity contribution is 0.240. The minimum atomic E-state index is -0.00860. The summed E-state index contributed by atoms with van der Waals surface area (Å²) in [6.45, 7) is 7.25. The van der Waals surface area contributed by atoms with Gasteiger partial charge in [-0.25, -0.2) is 4.68 Å². The highest BCUT2D eigenvalue weighted by molar-refractivity contribution is 9.10. The smallest absolute Gasteiger partial charge is 0.286 e. The van der Waals surface area contributed by atoms with Gasteiger partial charge in [-0.3, -0.25) is 14.4 Å². The normalized spacial score (nSPS) is 14.8. The summed E-state index contributed by atoms with van der Waals surface area (Å²) in [5, 5.41) is 0. The van der Waals surface area contributed by atoms with Gasteiger partial charge in [-0.05, 0) is 47.1 Å². The molecule has 1 fully saturated rings. The topological polar surface area (TPSA) is 42.6 Å². The number of piperazine rings is 1. The van der Waals surface area contributed by atoms with Gasteiger partial charge >= 0.3 is 0 Å². The molecule has 0 atom stereocenters. The molecule has 0 N–H and O–H groups in total. The molecule has 4 rings (SSSR count). The maximum Gasteiger partial charge on any atom is 0.286 e. The summed E-state index contributed by atoms with van der Waals surface area (Å²) in [5.74, 6) is 0.911. The van der Waals surface area contributed by atoms with Crippen LogP contribution in [0.5, 0.6) is 5.75 Å². The molecule has 7 heteroatoms. The largest absolute Gasteiger partial charge is 0.495 e. The van der Waals surface area contributed by atoms with E-state index in [0.717, 1.165) is 62.1 Å². The lowest BCUT2D eigenvalue weighted by Gasteiger charge is -2.36. The summed E-state index contributed by atoms with van der Waals surface area (Å²) >= 11 is 3.58. The van der Waals surface area contributed by atoms with Crippen LogP contribution in [-0.2, 0) is 13.1 Å². The summed E-state index contributed by atoms with van der Waals surface area (Å²) in [7, 11) is 1.72. The number of ether oxygens (including phenoxy) is 1. The quantitative estimate of drug-likeness (QED) is 0.550. The zero-order chi connectivity index (χ0) is 21.1. The predicted molar refractivity (Wildman–Crippen MR) is 124 cm³/mol. The first-order valence-corrected chi connectivity index (χ1v) is 11.1. The zero-order valence-corrected chi connectivity index (χ0v) is 19.0. The average Bonchev–Trinajstić information content (AvgIpc) is 3.04. The Kier molecular flexibility index (Phi) is 6.29. The van der Waals surface area contributed by atoms with E-state index in [1.807, 2.05) is 48.5 Å². The Morgan fingerprint density at radius 3 is 2.30 bits per heavy atom. The van der Waals surface area contributed by atoms with Gasteiger partial charge in [0.25, 0.3) is 5.56 Å². The number of rotatable bonds is 6. The zero-order valence-electron chi connectivity index (χ0n) is 17.4. The molecule has 1 aliphatic rings. The minimum absolute atomic E-state index is 0.00860. The highest BCUT2D eigenvalue weighted by Crippen LogP contribution is 2.29. The van der Waals surface area contributed by atoms with Crippen LogP contribution in [0.2, 0.25) is 0 Å². The second kappa shape index (κ2) is 9.10. The van der Waals surface area contributed by atoms with Crippen molar-refractivity contribution >= 4 is 21.6 Å². The number of hydrogen-bond acceptors (Lipinski definition) is 4. The first-order chi connectivity index (χ1) is 14.6. The lowest BCUT2D eigenvalue weighted by atomic mass is 10.2. The summed E-state index contributed by atoms with van der Waals surface area (Å²) < 4.78 is 10.0. The van der Waals surface area contributed by atoms with Crippen molar-refractivity contribution in [2.75, 3.05) is 38.2 Å². The Bertz CT molecular complexity index is 1050. The highest BCUT2D eigenvalue weighted by atomic mass is 79.9. The number of halogens is 1. The Balaban J connectivity index is 1.53. The van der Waals surface area contributed by atoms with E-state index in [-0.39, 0.29) is 5.56 Å². The molecule has 0 amide bonds. The first-order valence-electron chi connectivity index (χ1n) is 10.3. The molecule has 1 aromatic heterocycles. The van der Waals surface area contributed by atoms with Gasteiger partial charge in [-0.1, -0.05) is 30.3 Å². The molecule has 0 aliphatic carbocycles. The number of para-hydroxylation sites is 3. The Hall–Kier alpha value is -2.51. The fourth-order valence-corrected chi connectivity index (χ4v) is 4.62. The van der Waals surface area contributed by atoms with Gasteiger partial charge in [-0.15, -0.1) is 0 Å². The number of hydrogen-bond donors (Lipinski definition) is 0. The summed E-state index contributed by atoms with van der Waals surface area (Å²) in [6.07, 6.45) is 0.